The lowest BCUT2D eigenvalue weighted by molar-refractivity contribution is -0.137. The van der Waals surface area contributed by atoms with Crippen LogP contribution >= 0.6 is 11.8 Å². The van der Waals surface area contributed by atoms with Crippen molar-refractivity contribution in [3.8, 4) is 11.5 Å². The van der Waals surface area contributed by atoms with Crippen LogP contribution < -0.4 is 14.4 Å². The number of hydrogen-bond acceptors (Lipinski definition) is 6. The van der Waals surface area contributed by atoms with Gasteiger partial charge in [0, 0.05) is 0 Å². The van der Waals surface area contributed by atoms with Crippen molar-refractivity contribution in [2.24, 2.45) is 0 Å². The Labute approximate surface area is 184 Å². The van der Waals surface area contributed by atoms with Crippen LogP contribution in [-0.4, -0.2) is 35.4 Å². The smallest absolute Gasteiger partial charge is 0.306 e. The normalized spacial score (nSPS) is 14.9. The van der Waals surface area contributed by atoms with E-state index in [2.05, 4.69) is 0 Å². The van der Waals surface area contributed by atoms with Crippen LogP contribution in [0.5, 0.6) is 11.5 Å². The molecule has 2 aromatic rings. The molecule has 162 valence electrons. The highest BCUT2D eigenvalue weighted by molar-refractivity contribution is 8.19. The second-order valence-electron chi connectivity index (χ2n) is 6.94. The van der Waals surface area contributed by atoms with Gasteiger partial charge in [0.25, 0.3) is 11.1 Å². The molecule has 0 saturated carbocycles. The van der Waals surface area contributed by atoms with Gasteiger partial charge in [0.15, 0.2) is 11.5 Å². The fourth-order valence-corrected chi connectivity index (χ4v) is 3.87. The van der Waals surface area contributed by atoms with Crippen LogP contribution in [0, 0.1) is 13.8 Å². The van der Waals surface area contributed by atoms with Gasteiger partial charge in [0.05, 0.1) is 30.2 Å². The fourth-order valence-electron chi connectivity index (χ4n) is 3.04. The first-order valence-electron chi connectivity index (χ1n) is 9.76. The zero-order valence-electron chi connectivity index (χ0n) is 17.5. The van der Waals surface area contributed by atoms with Gasteiger partial charge in [-0.05, 0) is 73.5 Å². The number of amides is 2. The Hall–Kier alpha value is -3.26. The number of carbonyl (C=O) groups excluding carboxylic acids is 2. The maximum absolute atomic E-state index is 13.0. The average Bonchev–Trinajstić information content (AvgIpc) is 2.98. The molecule has 31 heavy (non-hydrogen) atoms. The molecule has 3 rings (SSSR count). The first-order valence-corrected chi connectivity index (χ1v) is 10.6. The third kappa shape index (κ3) is 5.27. The SMILES string of the molecule is CCOc1cc(/C=C2/SC(=O)N(c3cc(C)ccc3C)C2=O)ccc1OCCC(=O)O. The highest BCUT2D eigenvalue weighted by Crippen LogP contribution is 2.38. The molecule has 2 amide bonds. The predicted molar refractivity (Wildman–Crippen MR) is 120 cm³/mol. The number of aliphatic carboxylic acids is 1. The number of rotatable bonds is 8. The van der Waals surface area contributed by atoms with Crippen molar-refractivity contribution in [1.82, 2.24) is 0 Å². The fraction of sp³-hybridized carbons (Fsp3) is 0.261. The highest BCUT2D eigenvalue weighted by atomic mass is 32.2. The summed E-state index contributed by atoms with van der Waals surface area (Å²) in [7, 11) is 0. The van der Waals surface area contributed by atoms with Gasteiger partial charge in [-0.15, -0.1) is 0 Å². The van der Waals surface area contributed by atoms with Crippen molar-refractivity contribution in [2.45, 2.75) is 27.2 Å². The zero-order valence-corrected chi connectivity index (χ0v) is 18.3. The number of carbonyl (C=O) groups is 3. The number of hydrogen-bond donors (Lipinski definition) is 1. The Bertz CT molecular complexity index is 1060. The second kappa shape index (κ2) is 9.70. The molecule has 8 heteroatoms. The van der Waals surface area contributed by atoms with Crippen LogP contribution in [0.25, 0.3) is 6.08 Å². The van der Waals surface area contributed by atoms with Gasteiger partial charge in [-0.1, -0.05) is 18.2 Å². The van der Waals surface area contributed by atoms with E-state index in [1.807, 2.05) is 39.0 Å². The number of ether oxygens (including phenoxy) is 2. The van der Waals surface area contributed by atoms with E-state index in [9.17, 15) is 14.4 Å². The third-order valence-corrected chi connectivity index (χ3v) is 5.41. The Morgan fingerprint density at radius 2 is 1.87 bits per heavy atom. The quantitative estimate of drug-likeness (QED) is 0.588. The van der Waals surface area contributed by atoms with Crippen molar-refractivity contribution in [2.75, 3.05) is 18.1 Å². The lowest BCUT2D eigenvalue weighted by atomic mass is 10.1. The van der Waals surface area contributed by atoms with E-state index in [1.165, 1.54) is 4.90 Å². The first-order chi connectivity index (χ1) is 14.8. The summed E-state index contributed by atoms with van der Waals surface area (Å²) in [6.07, 6.45) is 1.51. The lowest BCUT2D eigenvalue weighted by Crippen LogP contribution is -2.28. The molecular weight excluding hydrogens is 418 g/mol. The molecule has 1 fully saturated rings. The summed E-state index contributed by atoms with van der Waals surface area (Å²) in [6, 6.07) is 10.7. The second-order valence-corrected chi connectivity index (χ2v) is 7.93. The molecule has 7 nitrogen and oxygen atoms in total. The topological polar surface area (TPSA) is 93.1 Å². The molecule has 1 N–H and O–H groups in total. The minimum absolute atomic E-state index is 0.0173. The summed E-state index contributed by atoms with van der Waals surface area (Å²) in [5.74, 6) is -0.461. The van der Waals surface area contributed by atoms with Gasteiger partial charge in [0.2, 0.25) is 0 Å². The van der Waals surface area contributed by atoms with E-state index in [0.29, 0.717) is 34.3 Å². The number of aryl methyl sites for hydroxylation is 2. The molecule has 0 aromatic heterocycles. The first kappa shape index (κ1) is 22.4. The Kier molecular flexibility index (Phi) is 7.02. The van der Waals surface area contributed by atoms with Crippen molar-refractivity contribution in [1.29, 1.82) is 0 Å². The van der Waals surface area contributed by atoms with Gasteiger partial charge in [-0.3, -0.25) is 14.4 Å². The molecule has 0 atom stereocenters. The molecule has 0 radical (unpaired) electrons. The summed E-state index contributed by atoms with van der Waals surface area (Å²) in [5.41, 5.74) is 3.06. The Morgan fingerprint density at radius 3 is 2.58 bits per heavy atom. The third-order valence-electron chi connectivity index (χ3n) is 4.54. The van der Waals surface area contributed by atoms with Crippen LogP contribution in [-0.2, 0) is 9.59 Å². The van der Waals surface area contributed by atoms with Gasteiger partial charge in [-0.2, -0.15) is 0 Å². The standard InChI is InChI=1S/C23H23NO6S/c1-4-29-19-12-16(7-8-18(19)30-10-9-21(25)26)13-20-22(27)24(23(28)31-20)17-11-14(2)5-6-15(17)3/h5-8,11-13H,4,9-10H2,1-3H3,(H,25,26)/b20-13+. The number of benzene rings is 2. The molecule has 1 aliphatic heterocycles. The molecule has 1 heterocycles. The number of anilines is 1. The molecule has 0 spiro atoms. The molecule has 2 aromatic carbocycles. The van der Waals surface area contributed by atoms with Crippen LogP contribution in [0.2, 0.25) is 0 Å². The Morgan fingerprint density at radius 1 is 1.10 bits per heavy atom. The predicted octanol–water partition coefficient (Wildman–Crippen LogP) is 4.80. The van der Waals surface area contributed by atoms with E-state index < -0.39 is 5.97 Å². The van der Waals surface area contributed by atoms with E-state index in [4.69, 9.17) is 14.6 Å². The largest absolute Gasteiger partial charge is 0.490 e. The maximum atomic E-state index is 13.0. The van der Waals surface area contributed by atoms with Crippen LogP contribution in [0.3, 0.4) is 0 Å². The van der Waals surface area contributed by atoms with E-state index in [0.717, 1.165) is 22.9 Å². The van der Waals surface area contributed by atoms with Crippen molar-refractivity contribution in [3.63, 3.8) is 0 Å². The summed E-state index contributed by atoms with van der Waals surface area (Å²) in [6.45, 7) is 6.00. The highest BCUT2D eigenvalue weighted by Gasteiger charge is 2.37. The van der Waals surface area contributed by atoms with Gasteiger partial charge >= 0.3 is 5.97 Å². The van der Waals surface area contributed by atoms with Crippen molar-refractivity contribution in [3.05, 3.63) is 58.0 Å². The summed E-state index contributed by atoms with van der Waals surface area (Å²) in [4.78, 5) is 37.8. The van der Waals surface area contributed by atoms with Crippen LogP contribution in [0.4, 0.5) is 10.5 Å². The summed E-state index contributed by atoms with van der Waals surface area (Å²) in [5, 5.41) is 8.42. The number of nitrogens with zero attached hydrogens (tertiary/aromatic N) is 1. The molecule has 0 unspecified atom stereocenters. The van der Waals surface area contributed by atoms with E-state index in [1.54, 1.807) is 24.3 Å². The number of imide groups is 1. The molecular formula is C23H23NO6S. The van der Waals surface area contributed by atoms with E-state index >= 15 is 0 Å². The number of carboxylic acid groups (broad SMARTS) is 1. The summed E-state index contributed by atoms with van der Waals surface area (Å²) < 4.78 is 11.1. The van der Waals surface area contributed by atoms with Crippen molar-refractivity contribution >= 4 is 40.6 Å². The number of thioether (sulfide) groups is 1. The molecule has 0 bridgehead atoms. The molecule has 0 aliphatic carbocycles. The summed E-state index contributed by atoms with van der Waals surface area (Å²) >= 11 is 0.888. The van der Waals surface area contributed by atoms with Gasteiger partial charge in [0.1, 0.15) is 0 Å². The minimum atomic E-state index is -0.950. The van der Waals surface area contributed by atoms with Crippen molar-refractivity contribution < 1.29 is 29.0 Å². The van der Waals surface area contributed by atoms with Gasteiger partial charge < -0.3 is 14.6 Å². The monoisotopic (exact) mass is 441 g/mol. The molecule has 1 saturated heterocycles. The number of carboxylic acids is 1. The minimum Gasteiger partial charge on any atom is -0.490 e. The van der Waals surface area contributed by atoms with Crippen LogP contribution in [0.15, 0.2) is 41.3 Å². The maximum Gasteiger partial charge on any atom is 0.306 e. The average molecular weight is 442 g/mol. The zero-order chi connectivity index (χ0) is 22.5. The van der Waals surface area contributed by atoms with E-state index in [-0.39, 0.29) is 24.2 Å². The Balaban J connectivity index is 1.86. The van der Waals surface area contributed by atoms with Crippen LogP contribution in [0.1, 0.15) is 30.0 Å². The van der Waals surface area contributed by atoms with Gasteiger partial charge in [-0.25, -0.2) is 4.90 Å². The lowest BCUT2D eigenvalue weighted by Gasteiger charge is -2.16. The molecule has 1 aliphatic rings.